The molecular formula is C50H64F4N6O6. The Morgan fingerprint density at radius 3 is 1.42 bits per heavy atom. The number of carbonyl (C=O) groups excluding carboxylic acids is 1. The molecule has 2 heterocycles. The second-order valence-corrected chi connectivity index (χ2v) is 18.5. The van der Waals surface area contributed by atoms with Crippen molar-refractivity contribution in [2.75, 3.05) is 50.1 Å². The second kappa shape index (κ2) is 21.5. The third kappa shape index (κ3) is 12.3. The van der Waals surface area contributed by atoms with Crippen LogP contribution in [0.25, 0.3) is 0 Å². The van der Waals surface area contributed by atoms with E-state index in [1.807, 2.05) is 52.2 Å². The van der Waals surface area contributed by atoms with E-state index in [1.54, 1.807) is 20.8 Å². The first kappa shape index (κ1) is 50.0. The van der Waals surface area contributed by atoms with Crippen LogP contribution >= 0.6 is 0 Å². The summed E-state index contributed by atoms with van der Waals surface area (Å²) in [6.07, 6.45) is -4.56. The summed E-state index contributed by atoms with van der Waals surface area (Å²) >= 11 is 0. The van der Waals surface area contributed by atoms with Crippen molar-refractivity contribution in [3.63, 3.8) is 0 Å². The van der Waals surface area contributed by atoms with Crippen LogP contribution in [0.4, 0.5) is 38.5 Å². The Balaban J connectivity index is 1.44. The van der Waals surface area contributed by atoms with Gasteiger partial charge in [-0.15, -0.1) is 0 Å². The maximum Gasteiger partial charge on any atom is 0.429 e. The molecule has 6 rings (SSSR count). The SMILES string of the molecule is CCc1ccc2c(c1)C(NCC(O)C(Cc1cc(F)cc(F)c1)N(C(=O)O)N(C(=O)OC(C)(C)C)C(Cc1cc(F)cc(F)c1)C(O)CNC1CCN(C)c3ccc(CC)cc31)CCN2C. The van der Waals surface area contributed by atoms with Gasteiger partial charge in [0, 0.05) is 75.9 Å². The molecule has 0 radical (unpaired) electrons. The van der Waals surface area contributed by atoms with Gasteiger partial charge in [-0.05, 0) is 129 Å². The number of nitrogens with zero attached hydrogens (tertiary/aromatic N) is 4. The molecule has 0 fully saturated rings. The fourth-order valence-electron chi connectivity index (χ4n) is 9.12. The molecule has 12 nitrogen and oxygen atoms in total. The molecule has 0 spiro atoms. The van der Waals surface area contributed by atoms with Crippen molar-refractivity contribution >= 4 is 23.6 Å². The van der Waals surface area contributed by atoms with Crippen LogP contribution in [0.2, 0.25) is 0 Å². The summed E-state index contributed by atoms with van der Waals surface area (Å²) in [6, 6.07) is 13.8. The molecule has 2 aliphatic heterocycles. The zero-order valence-electron chi connectivity index (χ0n) is 38.8. The lowest BCUT2D eigenvalue weighted by Crippen LogP contribution is -2.66. The van der Waals surface area contributed by atoms with Gasteiger partial charge in [-0.25, -0.2) is 37.2 Å². The number of carbonyl (C=O) groups is 2. The maximum atomic E-state index is 14.9. The number of fused-ring (bicyclic) bond motifs is 2. The number of hydrogen-bond acceptors (Lipinski definition) is 9. The highest BCUT2D eigenvalue weighted by molar-refractivity contribution is 5.74. The number of benzene rings is 4. The van der Waals surface area contributed by atoms with Crippen molar-refractivity contribution in [3.8, 4) is 0 Å². The van der Waals surface area contributed by atoms with Crippen LogP contribution < -0.4 is 20.4 Å². The van der Waals surface area contributed by atoms with Gasteiger partial charge >= 0.3 is 12.2 Å². The smallest absolute Gasteiger partial charge is 0.429 e. The van der Waals surface area contributed by atoms with Crippen LogP contribution in [0.5, 0.6) is 0 Å². The van der Waals surface area contributed by atoms with E-state index in [1.165, 1.54) is 0 Å². The molecule has 66 heavy (non-hydrogen) atoms. The number of hydrazine groups is 1. The zero-order chi connectivity index (χ0) is 48.0. The summed E-state index contributed by atoms with van der Waals surface area (Å²) in [6.45, 7) is 9.60. The number of hydrogen-bond donors (Lipinski definition) is 5. The van der Waals surface area contributed by atoms with Gasteiger partial charge in [0.2, 0.25) is 0 Å². The Morgan fingerprint density at radius 2 is 1.06 bits per heavy atom. The number of aryl methyl sites for hydroxylation is 2. The first-order valence-corrected chi connectivity index (χ1v) is 22.7. The van der Waals surface area contributed by atoms with E-state index in [4.69, 9.17) is 4.74 Å². The normalized spacial score (nSPS) is 17.9. The summed E-state index contributed by atoms with van der Waals surface area (Å²) in [5.74, 6) is -3.80. The van der Waals surface area contributed by atoms with Crippen LogP contribution in [0.1, 0.15) is 92.9 Å². The first-order chi connectivity index (χ1) is 31.2. The number of halogens is 4. The number of carboxylic acid groups (broad SMARTS) is 1. The van der Waals surface area contributed by atoms with Crippen LogP contribution in [-0.4, -0.2) is 108 Å². The van der Waals surface area contributed by atoms with Crippen LogP contribution in [0.3, 0.4) is 0 Å². The minimum absolute atomic E-state index is 0.0222. The molecule has 0 aliphatic carbocycles. The van der Waals surface area contributed by atoms with Gasteiger partial charge in [-0.2, -0.15) is 0 Å². The lowest BCUT2D eigenvalue weighted by molar-refractivity contribution is -0.118. The average molecular weight is 921 g/mol. The number of nitrogens with one attached hydrogen (secondary N) is 2. The highest BCUT2D eigenvalue weighted by atomic mass is 19.1. The third-order valence-electron chi connectivity index (χ3n) is 12.5. The molecule has 0 aromatic heterocycles. The Kier molecular flexibility index (Phi) is 16.3. The number of rotatable bonds is 16. The Hall–Kier alpha value is -5.42. The minimum Gasteiger partial charge on any atom is -0.464 e. The molecule has 5 N–H and O–H groups in total. The maximum absolute atomic E-state index is 14.9. The predicted molar refractivity (Wildman–Crippen MR) is 247 cm³/mol. The lowest BCUT2D eigenvalue weighted by Gasteiger charge is -2.45. The van der Waals surface area contributed by atoms with E-state index in [2.05, 4.69) is 32.6 Å². The molecule has 358 valence electrons. The van der Waals surface area contributed by atoms with Gasteiger partial charge in [0.1, 0.15) is 28.9 Å². The second-order valence-electron chi connectivity index (χ2n) is 18.5. The molecule has 4 aromatic rings. The van der Waals surface area contributed by atoms with E-state index in [0.29, 0.717) is 48.1 Å². The number of ether oxygens (including phenoxy) is 1. The van der Waals surface area contributed by atoms with Gasteiger partial charge in [0.05, 0.1) is 24.3 Å². The van der Waals surface area contributed by atoms with E-state index in [-0.39, 0.29) is 36.3 Å². The van der Waals surface area contributed by atoms with E-state index >= 15 is 0 Å². The van der Waals surface area contributed by atoms with Crippen LogP contribution in [0.15, 0.2) is 72.8 Å². The summed E-state index contributed by atoms with van der Waals surface area (Å²) in [5, 5.41) is 44.0. The number of aliphatic hydroxyl groups excluding tert-OH is 2. The number of anilines is 2. The zero-order valence-corrected chi connectivity index (χ0v) is 38.8. The molecule has 6 unspecified atom stereocenters. The highest BCUT2D eigenvalue weighted by Crippen LogP contribution is 2.36. The summed E-state index contributed by atoms with van der Waals surface area (Å²) in [7, 11) is 3.96. The highest BCUT2D eigenvalue weighted by Gasteiger charge is 2.45. The summed E-state index contributed by atoms with van der Waals surface area (Å²) < 4.78 is 65.3. The molecule has 2 amide bonds. The van der Waals surface area contributed by atoms with Crippen molar-refractivity contribution in [3.05, 3.63) is 129 Å². The first-order valence-electron chi connectivity index (χ1n) is 22.7. The van der Waals surface area contributed by atoms with Crippen molar-refractivity contribution in [1.29, 1.82) is 0 Å². The van der Waals surface area contributed by atoms with E-state index in [9.17, 15) is 42.5 Å². The van der Waals surface area contributed by atoms with Crippen LogP contribution in [0, 0.1) is 23.3 Å². The van der Waals surface area contributed by atoms with Crippen LogP contribution in [-0.2, 0) is 30.4 Å². The molecule has 6 atom stereocenters. The molecule has 0 saturated heterocycles. The van der Waals surface area contributed by atoms with Gasteiger partial charge in [-0.3, -0.25) is 0 Å². The Morgan fingerprint density at radius 1 is 0.667 bits per heavy atom. The molecule has 2 aliphatic rings. The quantitative estimate of drug-likeness (QED) is 0.0554. The van der Waals surface area contributed by atoms with Gasteiger partial charge in [0.15, 0.2) is 0 Å². The average Bonchev–Trinajstić information content (AvgIpc) is 3.24. The van der Waals surface area contributed by atoms with Gasteiger partial charge in [0.25, 0.3) is 0 Å². The fourth-order valence-corrected chi connectivity index (χ4v) is 9.12. The molecule has 0 saturated carbocycles. The summed E-state index contributed by atoms with van der Waals surface area (Å²) in [5.41, 5.74) is 4.80. The van der Waals surface area contributed by atoms with Gasteiger partial charge in [-0.1, -0.05) is 38.1 Å². The molecule has 0 bridgehead atoms. The van der Waals surface area contributed by atoms with E-state index in [0.717, 1.165) is 70.7 Å². The Labute approximate surface area is 385 Å². The predicted octanol–water partition coefficient (Wildman–Crippen LogP) is 8.09. The van der Waals surface area contributed by atoms with Crippen molar-refractivity contribution < 1.29 is 47.2 Å². The standard InChI is InChI=1S/C50H64F4N6O6/c1-8-30-10-12-42-38(22-30)40(14-16-57(42)6)55-28-46(61)44(24-32-18-34(51)26-35(52)19-32)59(48(63)64)60(49(65)66-50(3,4)5)45(25-33-20-36(53)27-37(54)21-33)47(62)29-56-41-15-17-58(7)43-13-11-31(9-2)23-39(41)43/h10-13,18-23,26-27,40-41,44-47,55-56,61-62H,8-9,14-17,24-25,28-29H2,1-7H3,(H,63,64). The molecular weight excluding hydrogens is 857 g/mol. The minimum atomic E-state index is -1.79. The molecule has 16 heteroatoms. The summed E-state index contributed by atoms with van der Waals surface area (Å²) in [4.78, 5) is 33.0. The molecule has 4 aromatic carbocycles. The monoisotopic (exact) mass is 920 g/mol. The van der Waals surface area contributed by atoms with Gasteiger partial charge < -0.3 is 40.5 Å². The van der Waals surface area contributed by atoms with Crippen molar-refractivity contribution in [2.45, 2.75) is 115 Å². The van der Waals surface area contributed by atoms with Crippen molar-refractivity contribution in [2.24, 2.45) is 0 Å². The van der Waals surface area contributed by atoms with Crippen molar-refractivity contribution in [1.82, 2.24) is 20.7 Å². The van der Waals surface area contributed by atoms with E-state index < -0.39 is 78.2 Å². The Bertz CT molecular complexity index is 2290. The topological polar surface area (TPSA) is 141 Å². The number of amides is 2. The lowest BCUT2D eigenvalue weighted by atomic mass is 9.93. The fraction of sp³-hybridized carbons (Fsp3) is 0.480. The number of aliphatic hydroxyl groups is 2. The third-order valence-corrected chi connectivity index (χ3v) is 12.5. The largest absolute Gasteiger partial charge is 0.464 e.